The monoisotopic (exact) mass is 266 g/mol. The largest absolute Gasteiger partial charge is 0.472 e. The number of hydroxylamine groups is 1. The Hall–Kier alpha value is -1.82. The summed E-state index contributed by atoms with van der Waals surface area (Å²) in [6, 6.07) is 1.57. The van der Waals surface area contributed by atoms with E-state index >= 15 is 0 Å². The minimum Gasteiger partial charge on any atom is -0.472 e. The zero-order valence-corrected chi connectivity index (χ0v) is 10.7. The molecule has 0 aromatic carbocycles. The highest BCUT2D eigenvalue weighted by Crippen LogP contribution is 2.19. The predicted molar refractivity (Wildman–Crippen MR) is 67.1 cm³/mol. The fourth-order valence-corrected chi connectivity index (χ4v) is 1.99. The molecule has 19 heavy (non-hydrogen) atoms. The molecular weight excluding hydrogens is 248 g/mol. The molecule has 6 nitrogen and oxygen atoms in total. The van der Waals surface area contributed by atoms with E-state index in [4.69, 9.17) is 9.25 Å². The molecule has 0 unspecified atom stereocenters. The van der Waals surface area contributed by atoms with Crippen LogP contribution in [0.3, 0.4) is 0 Å². The number of hydrogen-bond acceptors (Lipinski definition) is 4. The van der Waals surface area contributed by atoms with Crippen LogP contribution >= 0.6 is 0 Å². The van der Waals surface area contributed by atoms with E-state index in [1.165, 1.54) is 12.5 Å². The van der Waals surface area contributed by atoms with E-state index in [9.17, 15) is 9.59 Å². The minimum absolute atomic E-state index is 0.143. The van der Waals surface area contributed by atoms with Gasteiger partial charge in [-0.05, 0) is 18.9 Å². The van der Waals surface area contributed by atoms with Crippen LogP contribution in [-0.4, -0.2) is 24.5 Å². The van der Waals surface area contributed by atoms with Gasteiger partial charge in [-0.15, -0.1) is 0 Å². The molecule has 1 aliphatic rings. The Kier molecular flexibility index (Phi) is 4.97. The fraction of sp³-hybridized carbons (Fsp3) is 0.538. The number of nitrogens with one attached hydrogen (secondary N) is 2. The van der Waals surface area contributed by atoms with Gasteiger partial charge in [-0.25, -0.2) is 5.48 Å². The van der Waals surface area contributed by atoms with E-state index in [-0.39, 0.29) is 30.9 Å². The molecule has 0 atom stereocenters. The quantitative estimate of drug-likeness (QED) is 0.762. The lowest BCUT2D eigenvalue weighted by atomic mass is 10.3. The molecule has 0 saturated heterocycles. The van der Waals surface area contributed by atoms with Crippen LogP contribution in [0, 0.1) is 0 Å². The van der Waals surface area contributed by atoms with Gasteiger partial charge >= 0.3 is 0 Å². The van der Waals surface area contributed by atoms with E-state index < -0.39 is 0 Å². The first-order valence-corrected chi connectivity index (χ1v) is 6.50. The van der Waals surface area contributed by atoms with Gasteiger partial charge < -0.3 is 9.73 Å². The highest BCUT2D eigenvalue weighted by molar-refractivity contribution is 5.93. The van der Waals surface area contributed by atoms with Crippen LogP contribution in [0.5, 0.6) is 0 Å². The first kappa shape index (κ1) is 13.6. The molecule has 104 valence electrons. The van der Waals surface area contributed by atoms with Crippen molar-refractivity contribution in [2.75, 3.05) is 6.54 Å². The van der Waals surface area contributed by atoms with Crippen LogP contribution in [0.2, 0.25) is 0 Å². The number of hydrogen-bond donors (Lipinski definition) is 2. The SMILES string of the molecule is O=C(CCNC(=O)c1ccoc1)NOC1CCCC1. The van der Waals surface area contributed by atoms with Crippen molar-refractivity contribution >= 4 is 11.8 Å². The Morgan fingerprint density at radius 2 is 2.16 bits per heavy atom. The lowest BCUT2D eigenvalue weighted by molar-refractivity contribution is -0.138. The average molecular weight is 266 g/mol. The summed E-state index contributed by atoms with van der Waals surface area (Å²) in [7, 11) is 0. The molecule has 0 bridgehead atoms. The molecule has 1 fully saturated rings. The third kappa shape index (κ3) is 4.40. The van der Waals surface area contributed by atoms with Gasteiger partial charge in [-0.2, -0.15) is 0 Å². The first-order chi connectivity index (χ1) is 9.25. The second-order valence-corrected chi connectivity index (χ2v) is 4.57. The van der Waals surface area contributed by atoms with Crippen LogP contribution in [0.15, 0.2) is 23.0 Å². The summed E-state index contributed by atoms with van der Waals surface area (Å²) in [6.07, 6.45) is 7.42. The summed E-state index contributed by atoms with van der Waals surface area (Å²) in [5.41, 5.74) is 2.87. The summed E-state index contributed by atoms with van der Waals surface area (Å²) in [5.74, 6) is -0.474. The Morgan fingerprint density at radius 3 is 2.84 bits per heavy atom. The predicted octanol–water partition coefficient (Wildman–Crippen LogP) is 1.39. The topological polar surface area (TPSA) is 80.6 Å². The van der Waals surface area contributed by atoms with Crippen molar-refractivity contribution in [2.45, 2.75) is 38.2 Å². The lowest BCUT2D eigenvalue weighted by Crippen LogP contribution is -2.32. The summed E-state index contributed by atoms with van der Waals surface area (Å²) in [4.78, 5) is 28.2. The smallest absolute Gasteiger partial charge is 0.254 e. The highest BCUT2D eigenvalue weighted by atomic mass is 16.7. The first-order valence-electron chi connectivity index (χ1n) is 6.50. The van der Waals surface area contributed by atoms with E-state index in [1.807, 2.05) is 0 Å². The van der Waals surface area contributed by atoms with Crippen molar-refractivity contribution in [3.05, 3.63) is 24.2 Å². The fourth-order valence-electron chi connectivity index (χ4n) is 1.99. The van der Waals surface area contributed by atoms with Crippen molar-refractivity contribution in [3.63, 3.8) is 0 Å². The molecule has 2 rings (SSSR count). The molecule has 6 heteroatoms. The average Bonchev–Trinajstić information content (AvgIpc) is 3.09. The Bertz CT molecular complexity index is 410. The minimum atomic E-state index is -0.252. The second kappa shape index (κ2) is 6.94. The van der Waals surface area contributed by atoms with Crippen LogP contribution < -0.4 is 10.8 Å². The summed E-state index contributed by atoms with van der Waals surface area (Å²) < 4.78 is 4.80. The second-order valence-electron chi connectivity index (χ2n) is 4.57. The van der Waals surface area contributed by atoms with Crippen molar-refractivity contribution in [3.8, 4) is 0 Å². The number of rotatable bonds is 6. The Balaban J connectivity index is 1.57. The van der Waals surface area contributed by atoms with Crippen LogP contribution in [0.4, 0.5) is 0 Å². The maximum absolute atomic E-state index is 11.5. The van der Waals surface area contributed by atoms with Gasteiger partial charge in [0.1, 0.15) is 6.26 Å². The van der Waals surface area contributed by atoms with Gasteiger partial charge in [0.2, 0.25) is 5.91 Å². The summed E-state index contributed by atoms with van der Waals surface area (Å²) in [6.45, 7) is 0.268. The number of furan rings is 1. The van der Waals surface area contributed by atoms with Crippen molar-refractivity contribution in [1.29, 1.82) is 0 Å². The molecule has 1 heterocycles. The molecule has 1 aromatic heterocycles. The lowest BCUT2D eigenvalue weighted by Gasteiger charge is -2.11. The van der Waals surface area contributed by atoms with E-state index in [2.05, 4.69) is 10.8 Å². The molecule has 1 aliphatic carbocycles. The molecule has 1 aromatic rings. The van der Waals surface area contributed by atoms with Crippen molar-refractivity contribution in [2.24, 2.45) is 0 Å². The van der Waals surface area contributed by atoms with E-state index in [0.29, 0.717) is 5.56 Å². The van der Waals surface area contributed by atoms with Gasteiger partial charge in [0.15, 0.2) is 0 Å². The van der Waals surface area contributed by atoms with Crippen molar-refractivity contribution in [1.82, 2.24) is 10.8 Å². The molecular formula is C13H18N2O4. The molecule has 2 amide bonds. The molecule has 0 aliphatic heterocycles. The number of amides is 2. The van der Waals surface area contributed by atoms with Gasteiger partial charge in [-0.1, -0.05) is 12.8 Å². The summed E-state index contributed by atoms with van der Waals surface area (Å²) >= 11 is 0. The van der Waals surface area contributed by atoms with E-state index in [1.54, 1.807) is 6.07 Å². The molecule has 0 spiro atoms. The molecule has 1 saturated carbocycles. The maximum Gasteiger partial charge on any atom is 0.254 e. The van der Waals surface area contributed by atoms with Crippen LogP contribution in [-0.2, 0) is 9.63 Å². The molecule has 0 radical (unpaired) electrons. The van der Waals surface area contributed by atoms with Crippen molar-refractivity contribution < 1.29 is 18.8 Å². The van der Waals surface area contributed by atoms with Gasteiger partial charge in [-0.3, -0.25) is 14.4 Å². The maximum atomic E-state index is 11.5. The van der Waals surface area contributed by atoms with Crippen LogP contribution in [0.1, 0.15) is 42.5 Å². The molecule has 2 N–H and O–H groups in total. The van der Waals surface area contributed by atoms with E-state index in [0.717, 1.165) is 25.7 Å². The zero-order valence-electron chi connectivity index (χ0n) is 10.7. The summed E-state index contributed by atoms with van der Waals surface area (Å²) in [5, 5.41) is 2.63. The highest BCUT2D eigenvalue weighted by Gasteiger charge is 2.16. The third-order valence-electron chi connectivity index (χ3n) is 3.06. The van der Waals surface area contributed by atoms with Gasteiger partial charge in [0.05, 0.1) is 17.9 Å². The van der Waals surface area contributed by atoms with Gasteiger partial charge in [0.25, 0.3) is 5.91 Å². The third-order valence-corrected chi connectivity index (χ3v) is 3.06. The Morgan fingerprint density at radius 1 is 1.37 bits per heavy atom. The zero-order chi connectivity index (χ0) is 13.5. The van der Waals surface area contributed by atoms with Crippen LogP contribution in [0.25, 0.3) is 0 Å². The Labute approximate surface area is 111 Å². The number of carbonyl (C=O) groups excluding carboxylic acids is 2. The standard InChI is InChI=1S/C13H18N2O4/c16-12(15-19-11-3-1-2-4-11)5-7-14-13(17)10-6-8-18-9-10/h6,8-9,11H,1-5,7H2,(H,14,17)(H,15,16). The normalized spacial score (nSPS) is 15.4. The number of carbonyl (C=O) groups is 2. The van der Waals surface area contributed by atoms with Gasteiger partial charge in [0, 0.05) is 13.0 Å².